The van der Waals surface area contributed by atoms with Crippen LogP contribution in [0, 0.1) is 5.92 Å². The number of thiazole rings is 1. The molecule has 0 saturated carbocycles. The van der Waals surface area contributed by atoms with Gasteiger partial charge in [0.05, 0.1) is 5.69 Å². The van der Waals surface area contributed by atoms with Gasteiger partial charge in [0.1, 0.15) is 0 Å². The van der Waals surface area contributed by atoms with Crippen molar-refractivity contribution in [2.75, 3.05) is 18.4 Å². The second-order valence-electron chi connectivity index (χ2n) is 5.53. The summed E-state index contributed by atoms with van der Waals surface area (Å²) in [5.41, 5.74) is 1.18. The van der Waals surface area contributed by atoms with E-state index in [0.29, 0.717) is 12.3 Å². The van der Waals surface area contributed by atoms with E-state index in [1.54, 1.807) is 11.3 Å². The van der Waals surface area contributed by atoms with Gasteiger partial charge < -0.3 is 5.32 Å². The van der Waals surface area contributed by atoms with Gasteiger partial charge in [0, 0.05) is 30.8 Å². The van der Waals surface area contributed by atoms with E-state index in [1.807, 2.05) is 0 Å². The zero-order chi connectivity index (χ0) is 13.9. The predicted molar refractivity (Wildman–Crippen MR) is 81.9 cm³/mol. The van der Waals surface area contributed by atoms with Crippen molar-refractivity contribution in [1.82, 2.24) is 9.88 Å². The Morgan fingerprint density at radius 2 is 2.50 bits per heavy atom. The van der Waals surface area contributed by atoms with Gasteiger partial charge >= 0.3 is 0 Å². The Morgan fingerprint density at radius 3 is 3.25 bits per heavy atom. The molecule has 0 saturated heterocycles. The highest BCUT2D eigenvalue weighted by molar-refractivity contribution is 7.15. The van der Waals surface area contributed by atoms with Crippen LogP contribution in [-0.2, 0) is 17.8 Å². The molecule has 1 aliphatic carbocycles. The number of nitrogens with one attached hydrogen (secondary N) is 1. The van der Waals surface area contributed by atoms with Gasteiger partial charge in [-0.2, -0.15) is 0 Å². The summed E-state index contributed by atoms with van der Waals surface area (Å²) in [6, 6.07) is 0. The Bertz CT molecular complexity index is 523. The van der Waals surface area contributed by atoms with Crippen LogP contribution in [0.1, 0.15) is 36.8 Å². The number of fused-ring (bicyclic) bond motifs is 1. The van der Waals surface area contributed by atoms with E-state index in [0.717, 1.165) is 44.0 Å². The monoisotopic (exact) mass is 291 g/mol. The molecule has 0 unspecified atom stereocenters. The van der Waals surface area contributed by atoms with Crippen LogP contribution in [0.3, 0.4) is 0 Å². The van der Waals surface area contributed by atoms with Crippen LogP contribution in [0.25, 0.3) is 0 Å². The number of anilines is 1. The summed E-state index contributed by atoms with van der Waals surface area (Å²) in [7, 11) is 0. The summed E-state index contributed by atoms with van der Waals surface area (Å²) in [5.74, 6) is 0.514. The standard InChI is InChI=1S/C15H21N3OS/c1-2-18-8-7-12-13(10-18)20-15(16-12)17-14(19)9-11-5-3-4-6-11/h3,5,11H,2,4,6-10H2,1H3,(H,16,17,19)/t11-/m0/s1. The molecule has 0 fully saturated rings. The summed E-state index contributed by atoms with van der Waals surface area (Å²) in [6.45, 7) is 5.31. The Kier molecular flexibility index (Phi) is 4.17. The van der Waals surface area contributed by atoms with Gasteiger partial charge in [-0.1, -0.05) is 19.1 Å². The zero-order valence-corrected chi connectivity index (χ0v) is 12.7. The quantitative estimate of drug-likeness (QED) is 0.868. The maximum Gasteiger partial charge on any atom is 0.226 e. The summed E-state index contributed by atoms with van der Waals surface area (Å²) in [5, 5.41) is 3.75. The van der Waals surface area contributed by atoms with E-state index in [-0.39, 0.29) is 5.91 Å². The van der Waals surface area contributed by atoms with Crippen LogP contribution in [0.5, 0.6) is 0 Å². The molecule has 1 aromatic heterocycles. The second kappa shape index (κ2) is 6.06. The van der Waals surface area contributed by atoms with E-state index < -0.39 is 0 Å². The summed E-state index contributed by atoms with van der Waals surface area (Å²) >= 11 is 1.64. The van der Waals surface area contributed by atoms with Crippen molar-refractivity contribution in [2.24, 2.45) is 5.92 Å². The average Bonchev–Trinajstić information content (AvgIpc) is 3.06. The molecule has 5 heteroatoms. The van der Waals surface area contributed by atoms with Gasteiger partial charge in [0.15, 0.2) is 5.13 Å². The minimum Gasteiger partial charge on any atom is -0.302 e. The molecule has 0 bridgehead atoms. The summed E-state index contributed by atoms with van der Waals surface area (Å²) < 4.78 is 0. The van der Waals surface area contributed by atoms with Gasteiger partial charge in [-0.3, -0.25) is 9.69 Å². The number of allylic oxidation sites excluding steroid dienone is 2. The van der Waals surface area contributed by atoms with Crippen molar-refractivity contribution in [2.45, 2.75) is 39.2 Å². The topological polar surface area (TPSA) is 45.2 Å². The highest BCUT2D eigenvalue weighted by atomic mass is 32.1. The van der Waals surface area contributed by atoms with E-state index in [4.69, 9.17) is 0 Å². The Balaban J connectivity index is 1.59. The molecule has 1 aliphatic heterocycles. The van der Waals surface area contributed by atoms with E-state index in [1.165, 1.54) is 10.6 Å². The molecule has 1 amide bonds. The lowest BCUT2D eigenvalue weighted by Gasteiger charge is -2.23. The number of hydrogen-bond acceptors (Lipinski definition) is 4. The van der Waals surface area contributed by atoms with Crippen LogP contribution >= 0.6 is 11.3 Å². The molecule has 0 aromatic carbocycles. The first-order chi connectivity index (χ1) is 9.74. The normalized spacial score (nSPS) is 21.9. The minimum absolute atomic E-state index is 0.0972. The van der Waals surface area contributed by atoms with Gasteiger partial charge in [0.2, 0.25) is 5.91 Å². The van der Waals surface area contributed by atoms with Gasteiger partial charge in [-0.15, -0.1) is 11.3 Å². The number of carbonyl (C=O) groups excluding carboxylic acids is 1. The molecule has 2 heterocycles. The first-order valence-electron chi connectivity index (χ1n) is 7.42. The van der Waals surface area contributed by atoms with Crippen molar-refractivity contribution in [1.29, 1.82) is 0 Å². The third kappa shape index (κ3) is 3.10. The second-order valence-corrected chi connectivity index (χ2v) is 6.61. The van der Waals surface area contributed by atoms with E-state index >= 15 is 0 Å². The fraction of sp³-hybridized carbons (Fsp3) is 0.600. The van der Waals surface area contributed by atoms with Gasteiger partial charge in [-0.25, -0.2) is 4.98 Å². The highest BCUT2D eigenvalue weighted by Crippen LogP contribution is 2.29. The number of likely N-dealkylation sites (N-methyl/N-ethyl adjacent to an activating group) is 1. The molecule has 0 spiro atoms. The number of hydrogen-bond donors (Lipinski definition) is 1. The first-order valence-corrected chi connectivity index (χ1v) is 8.23. The number of nitrogens with zero attached hydrogens (tertiary/aromatic N) is 2. The first kappa shape index (κ1) is 13.8. The fourth-order valence-electron chi connectivity index (χ4n) is 2.85. The number of carbonyl (C=O) groups is 1. The third-order valence-corrected chi connectivity index (χ3v) is 5.06. The van der Waals surface area contributed by atoms with Crippen LogP contribution in [0.2, 0.25) is 0 Å². The fourth-order valence-corrected chi connectivity index (χ4v) is 3.91. The van der Waals surface area contributed by atoms with Crippen molar-refractivity contribution in [3.63, 3.8) is 0 Å². The Hall–Kier alpha value is -1.20. The predicted octanol–water partition coefficient (Wildman–Crippen LogP) is 2.82. The zero-order valence-electron chi connectivity index (χ0n) is 11.9. The molecule has 0 radical (unpaired) electrons. The Labute approximate surface area is 123 Å². The van der Waals surface area contributed by atoms with Gasteiger partial charge in [-0.05, 0) is 25.3 Å². The smallest absolute Gasteiger partial charge is 0.226 e. The average molecular weight is 291 g/mol. The maximum absolute atomic E-state index is 12.0. The van der Waals surface area contributed by atoms with Crippen molar-refractivity contribution in [3.8, 4) is 0 Å². The van der Waals surface area contributed by atoms with E-state index in [2.05, 4.69) is 34.3 Å². The third-order valence-electron chi connectivity index (χ3n) is 4.06. The highest BCUT2D eigenvalue weighted by Gasteiger charge is 2.21. The van der Waals surface area contributed by atoms with Crippen LogP contribution < -0.4 is 5.32 Å². The van der Waals surface area contributed by atoms with Crippen molar-refractivity contribution in [3.05, 3.63) is 22.7 Å². The lowest BCUT2D eigenvalue weighted by Crippen LogP contribution is -2.29. The number of amides is 1. The molecular formula is C15H21N3OS. The molecular weight excluding hydrogens is 270 g/mol. The SMILES string of the molecule is CCN1CCc2nc(NC(=O)C[C@H]3C=CCC3)sc2C1. The minimum atomic E-state index is 0.0972. The molecule has 108 valence electrons. The molecule has 1 N–H and O–H groups in total. The molecule has 1 aromatic rings. The largest absolute Gasteiger partial charge is 0.302 e. The lowest BCUT2D eigenvalue weighted by molar-refractivity contribution is -0.116. The molecule has 2 aliphatic rings. The molecule has 3 rings (SSSR count). The van der Waals surface area contributed by atoms with Crippen molar-refractivity contribution >= 4 is 22.4 Å². The van der Waals surface area contributed by atoms with Crippen LogP contribution in [0.4, 0.5) is 5.13 Å². The number of rotatable bonds is 4. The number of aromatic nitrogens is 1. The van der Waals surface area contributed by atoms with Gasteiger partial charge in [0.25, 0.3) is 0 Å². The molecule has 1 atom stereocenters. The van der Waals surface area contributed by atoms with Crippen LogP contribution in [-0.4, -0.2) is 28.9 Å². The summed E-state index contributed by atoms with van der Waals surface area (Å²) in [6.07, 6.45) is 8.12. The summed E-state index contributed by atoms with van der Waals surface area (Å²) in [4.78, 5) is 20.3. The van der Waals surface area contributed by atoms with Crippen LogP contribution in [0.15, 0.2) is 12.2 Å². The lowest BCUT2D eigenvalue weighted by atomic mass is 10.1. The molecule has 20 heavy (non-hydrogen) atoms. The van der Waals surface area contributed by atoms with E-state index in [9.17, 15) is 4.79 Å². The maximum atomic E-state index is 12.0. The molecule has 4 nitrogen and oxygen atoms in total. The van der Waals surface area contributed by atoms with Crippen molar-refractivity contribution < 1.29 is 4.79 Å². The Morgan fingerprint density at radius 1 is 1.60 bits per heavy atom.